The molecular formula is C19H19F3N8O3. The molecule has 0 saturated carbocycles. The summed E-state index contributed by atoms with van der Waals surface area (Å²) >= 11 is 0. The number of rotatable bonds is 6. The summed E-state index contributed by atoms with van der Waals surface area (Å²) in [6, 6.07) is 3.46. The van der Waals surface area contributed by atoms with Gasteiger partial charge in [0.15, 0.2) is 0 Å². The van der Waals surface area contributed by atoms with Crippen LogP contribution in [0.15, 0.2) is 35.1 Å². The summed E-state index contributed by atoms with van der Waals surface area (Å²) in [5.41, 5.74) is 15.4. The summed E-state index contributed by atoms with van der Waals surface area (Å²) in [5.74, 6) is -1.67. The number of aromatic nitrogens is 3. The van der Waals surface area contributed by atoms with Crippen LogP contribution in [0.5, 0.6) is 0 Å². The number of nitrogen functional groups attached to an aromatic ring is 2. The molecule has 3 aromatic rings. The number of nitrogens with zero attached hydrogens (tertiary/aromatic N) is 3. The molecule has 8 N–H and O–H groups in total. The average Bonchev–Trinajstić information content (AvgIpc) is 3.24. The van der Waals surface area contributed by atoms with E-state index in [1.165, 1.54) is 12.1 Å². The van der Waals surface area contributed by atoms with Gasteiger partial charge in [0.25, 0.3) is 11.8 Å². The van der Waals surface area contributed by atoms with Crippen LogP contribution in [-0.2, 0) is 12.7 Å². The van der Waals surface area contributed by atoms with Crippen LogP contribution in [0.25, 0.3) is 0 Å². The fraction of sp³-hybridized carbons (Fsp3) is 0.211. The Balaban J connectivity index is 1.71. The first kappa shape index (κ1) is 23.5. The van der Waals surface area contributed by atoms with E-state index in [0.717, 1.165) is 12.4 Å². The zero-order chi connectivity index (χ0) is 24.3. The Morgan fingerprint density at radius 2 is 1.88 bits per heavy atom. The van der Waals surface area contributed by atoms with Crippen LogP contribution < -0.4 is 27.8 Å². The lowest BCUT2D eigenvalue weighted by Gasteiger charge is -2.13. The lowest BCUT2D eigenvalue weighted by molar-refractivity contribution is -0.136. The molecule has 1 aromatic carbocycles. The van der Waals surface area contributed by atoms with Crippen molar-refractivity contribution < 1.29 is 27.3 Å². The molecule has 3 rings (SSSR count). The Morgan fingerprint density at radius 3 is 2.55 bits per heavy atom. The van der Waals surface area contributed by atoms with E-state index in [0.29, 0.717) is 6.07 Å². The molecule has 11 nitrogen and oxygen atoms in total. The van der Waals surface area contributed by atoms with Crippen LogP contribution >= 0.6 is 0 Å². The van der Waals surface area contributed by atoms with Crippen molar-refractivity contribution in [2.75, 3.05) is 16.8 Å². The number of amides is 2. The van der Waals surface area contributed by atoms with Gasteiger partial charge in [-0.25, -0.2) is 9.97 Å². The second-order valence-electron chi connectivity index (χ2n) is 6.86. The fourth-order valence-electron chi connectivity index (χ4n) is 2.83. The number of hydrogen-bond donors (Lipinski definition) is 5. The summed E-state index contributed by atoms with van der Waals surface area (Å²) < 4.78 is 44.0. The van der Waals surface area contributed by atoms with Crippen molar-refractivity contribution in [1.82, 2.24) is 20.4 Å². The second-order valence-corrected chi connectivity index (χ2v) is 6.86. The highest BCUT2D eigenvalue weighted by atomic mass is 19.4. The van der Waals surface area contributed by atoms with E-state index in [9.17, 15) is 22.8 Å². The molecule has 33 heavy (non-hydrogen) atoms. The predicted octanol–water partition coefficient (Wildman–Crippen LogP) is 1.85. The van der Waals surface area contributed by atoms with Crippen molar-refractivity contribution in [1.29, 1.82) is 0 Å². The monoisotopic (exact) mass is 464 g/mol. The maximum atomic E-state index is 13.0. The summed E-state index contributed by atoms with van der Waals surface area (Å²) in [6.07, 6.45) is -3.57. The summed E-state index contributed by atoms with van der Waals surface area (Å²) in [4.78, 5) is 32.6. The molecule has 0 radical (unpaired) electrons. The third-order valence-electron chi connectivity index (χ3n) is 4.56. The fourth-order valence-corrected chi connectivity index (χ4v) is 2.83. The van der Waals surface area contributed by atoms with Crippen molar-refractivity contribution in [3.63, 3.8) is 0 Å². The molecule has 174 valence electrons. The van der Waals surface area contributed by atoms with Crippen molar-refractivity contribution in [3.05, 3.63) is 58.9 Å². The van der Waals surface area contributed by atoms with Gasteiger partial charge in [0.2, 0.25) is 5.76 Å². The Kier molecular flexibility index (Phi) is 6.48. The van der Waals surface area contributed by atoms with Crippen molar-refractivity contribution in [2.45, 2.75) is 25.7 Å². The molecule has 0 aliphatic rings. The summed E-state index contributed by atoms with van der Waals surface area (Å²) in [6.45, 7) is 1.51. The topological polar surface area (TPSA) is 188 Å². The molecule has 0 bridgehead atoms. The highest BCUT2D eigenvalue weighted by molar-refractivity contribution is 6.02. The number of anilines is 3. The van der Waals surface area contributed by atoms with Crippen LogP contribution in [0.1, 0.15) is 50.8 Å². The molecule has 2 aromatic heterocycles. The third-order valence-corrected chi connectivity index (χ3v) is 4.56. The molecule has 0 spiro atoms. The molecule has 2 heterocycles. The number of alkyl halides is 3. The highest BCUT2D eigenvalue weighted by Gasteiger charge is 2.33. The average molecular weight is 464 g/mol. The van der Waals surface area contributed by atoms with Crippen LogP contribution in [0, 0.1) is 0 Å². The first-order valence-electron chi connectivity index (χ1n) is 9.36. The number of benzene rings is 1. The number of hydrogen-bond acceptors (Lipinski definition) is 9. The van der Waals surface area contributed by atoms with Crippen molar-refractivity contribution in [2.24, 2.45) is 5.73 Å². The van der Waals surface area contributed by atoms with Gasteiger partial charge in [-0.1, -0.05) is 5.16 Å². The van der Waals surface area contributed by atoms with Gasteiger partial charge >= 0.3 is 6.18 Å². The van der Waals surface area contributed by atoms with Gasteiger partial charge in [-0.15, -0.1) is 0 Å². The summed E-state index contributed by atoms with van der Waals surface area (Å²) in [5, 5.41) is 8.61. The molecule has 0 saturated heterocycles. The number of carbonyl (C=O) groups excluding carboxylic acids is 2. The summed E-state index contributed by atoms with van der Waals surface area (Å²) in [7, 11) is 0. The van der Waals surface area contributed by atoms with Gasteiger partial charge in [0.1, 0.15) is 23.5 Å². The van der Waals surface area contributed by atoms with Gasteiger partial charge in [-0.3, -0.25) is 9.59 Å². The predicted molar refractivity (Wildman–Crippen MR) is 111 cm³/mol. The Labute approximate surface area is 184 Å². The van der Waals surface area contributed by atoms with E-state index >= 15 is 0 Å². The molecule has 1 atom stereocenters. The molecule has 0 aliphatic carbocycles. The quantitative estimate of drug-likeness (QED) is 0.339. The first-order valence-corrected chi connectivity index (χ1v) is 9.36. The normalized spacial score (nSPS) is 12.3. The van der Waals surface area contributed by atoms with E-state index in [1.807, 2.05) is 0 Å². The molecule has 2 amide bonds. The van der Waals surface area contributed by atoms with E-state index in [4.69, 9.17) is 21.7 Å². The van der Waals surface area contributed by atoms with Crippen molar-refractivity contribution >= 4 is 29.0 Å². The van der Waals surface area contributed by atoms with E-state index < -0.39 is 35.3 Å². The maximum Gasteiger partial charge on any atom is 0.418 e. The van der Waals surface area contributed by atoms with Gasteiger partial charge in [0, 0.05) is 29.5 Å². The minimum atomic E-state index is -4.68. The van der Waals surface area contributed by atoms with Crippen LogP contribution in [0.3, 0.4) is 0 Å². The van der Waals surface area contributed by atoms with Gasteiger partial charge < -0.3 is 32.4 Å². The number of halogens is 3. The second kappa shape index (κ2) is 9.12. The van der Waals surface area contributed by atoms with E-state index in [-0.39, 0.29) is 40.8 Å². The first-order chi connectivity index (χ1) is 15.5. The minimum Gasteiger partial charge on any atom is -0.398 e. The minimum absolute atomic E-state index is 0.0119. The molecule has 0 fully saturated rings. The van der Waals surface area contributed by atoms with Crippen molar-refractivity contribution in [3.8, 4) is 0 Å². The lowest BCUT2D eigenvalue weighted by atomic mass is 10.1. The Bertz CT molecular complexity index is 1200. The highest BCUT2D eigenvalue weighted by Crippen LogP contribution is 2.35. The van der Waals surface area contributed by atoms with Gasteiger partial charge in [-0.05, 0) is 25.1 Å². The number of nitrogens with two attached hydrogens (primary N) is 3. The molecule has 0 aliphatic heterocycles. The van der Waals surface area contributed by atoms with Gasteiger partial charge in [0.05, 0.1) is 11.6 Å². The maximum absolute atomic E-state index is 13.0. The molecule has 14 heteroatoms. The lowest BCUT2D eigenvalue weighted by Crippen LogP contribution is -2.29. The van der Waals surface area contributed by atoms with Crippen LogP contribution in [0.2, 0.25) is 0 Å². The zero-order valence-electron chi connectivity index (χ0n) is 17.1. The van der Waals surface area contributed by atoms with E-state index in [2.05, 4.69) is 25.8 Å². The van der Waals surface area contributed by atoms with Crippen LogP contribution in [-0.4, -0.2) is 26.9 Å². The third kappa shape index (κ3) is 5.17. The standard InChI is InChI=1S/C19H19F3N8O3/c1-8(28-18(32)15-10(6-23)16(25)27-7-26-15)13-5-14(33-30-13)17(31)29-9-2-3-12(24)11(4-9)19(20,21)22/h2-5,7-8H,6,23-24H2,1H3,(H,28,32)(H,29,31)(H2,25,26,27)/t8-/m0/s1. The zero-order valence-corrected chi connectivity index (χ0v) is 17.1. The number of nitrogens with one attached hydrogen (secondary N) is 2. The number of carbonyl (C=O) groups is 2. The van der Waals surface area contributed by atoms with Gasteiger partial charge in [-0.2, -0.15) is 13.2 Å². The Morgan fingerprint density at radius 1 is 1.15 bits per heavy atom. The SMILES string of the molecule is C[C@H](NC(=O)c1ncnc(N)c1CN)c1cc(C(=O)Nc2ccc(N)c(C(F)(F)F)c2)on1. The molecule has 0 unspecified atom stereocenters. The molecular weight excluding hydrogens is 445 g/mol. The van der Waals surface area contributed by atoms with E-state index in [1.54, 1.807) is 6.92 Å². The smallest absolute Gasteiger partial charge is 0.398 e. The Hall–Kier alpha value is -4.20. The van der Waals surface area contributed by atoms with Crippen LogP contribution in [0.4, 0.5) is 30.4 Å². The largest absolute Gasteiger partial charge is 0.418 e.